The molecule has 2 heterocycles. The van der Waals surface area contributed by atoms with Crippen LogP contribution in [0.1, 0.15) is 5.56 Å². The summed E-state index contributed by atoms with van der Waals surface area (Å²) in [5.74, 6) is 0.626. The lowest BCUT2D eigenvalue weighted by Gasteiger charge is -2.35. The van der Waals surface area contributed by atoms with E-state index in [-0.39, 0.29) is 5.91 Å². The van der Waals surface area contributed by atoms with Crippen molar-refractivity contribution in [3.63, 3.8) is 0 Å². The van der Waals surface area contributed by atoms with Crippen LogP contribution in [0.5, 0.6) is 0 Å². The van der Waals surface area contributed by atoms with Gasteiger partial charge >= 0.3 is 0 Å². The topological polar surface area (TPSA) is 44.4 Å². The first-order valence-electron chi connectivity index (χ1n) is 6.19. The normalized spacial score (nSPS) is 19.3. The predicted molar refractivity (Wildman–Crippen MR) is 73.9 cm³/mol. The molecule has 0 aromatic heterocycles. The fourth-order valence-corrected chi connectivity index (χ4v) is 3.02. The highest BCUT2D eigenvalue weighted by molar-refractivity contribution is 8.00. The molecule has 2 N–H and O–H groups in total. The lowest BCUT2D eigenvalue weighted by molar-refractivity contribution is -0.113. The molecule has 0 spiro atoms. The number of thioether (sulfide) groups is 1. The van der Waals surface area contributed by atoms with Gasteiger partial charge in [-0.1, -0.05) is 6.07 Å². The number of carbonyl (C=O) groups excluding carboxylic acids is 1. The zero-order chi connectivity index (χ0) is 12.5. The first-order chi connectivity index (χ1) is 8.72. The van der Waals surface area contributed by atoms with E-state index in [1.807, 2.05) is 0 Å². The maximum Gasteiger partial charge on any atom is 0.234 e. The number of benzene rings is 1. The number of hydrogen-bond acceptors (Lipinski definition) is 4. The molecular formula is C13H17N3OS. The van der Waals surface area contributed by atoms with Crippen LogP contribution in [-0.4, -0.2) is 42.7 Å². The molecule has 4 nitrogen and oxygen atoms in total. The number of rotatable bonds is 3. The first kappa shape index (κ1) is 12.0. The molecule has 18 heavy (non-hydrogen) atoms. The number of likely N-dealkylation sites (N-methyl/N-ethyl adjacent to an activating group) is 1. The second kappa shape index (κ2) is 4.91. The maximum absolute atomic E-state index is 11.4. The second-order valence-corrected chi connectivity index (χ2v) is 5.91. The van der Waals surface area contributed by atoms with E-state index < -0.39 is 0 Å². The summed E-state index contributed by atoms with van der Waals surface area (Å²) in [6, 6.07) is 7.01. The van der Waals surface area contributed by atoms with Gasteiger partial charge in [-0.05, 0) is 24.7 Å². The van der Waals surface area contributed by atoms with Crippen molar-refractivity contribution in [2.75, 3.05) is 31.2 Å². The minimum atomic E-state index is 0.0983. The van der Waals surface area contributed by atoms with Crippen LogP contribution in [0.25, 0.3) is 0 Å². The second-order valence-electron chi connectivity index (χ2n) is 4.89. The first-order valence-corrected chi connectivity index (χ1v) is 7.17. The van der Waals surface area contributed by atoms with Crippen molar-refractivity contribution in [1.29, 1.82) is 0 Å². The summed E-state index contributed by atoms with van der Waals surface area (Å²) in [7, 11) is 2.15. The lowest BCUT2D eigenvalue weighted by Crippen LogP contribution is -2.55. The van der Waals surface area contributed by atoms with E-state index in [4.69, 9.17) is 0 Å². The van der Waals surface area contributed by atoms with E-state index >= 15 is 0 Å². The molecule has 0 bridgehead atoms. The van der Waals surface area contributed by atoms with Gasteiger partial charge in [0.15, 0.2) is 0 Å². The number of anilines is 1. The average Bonchev–Trinajstić information content (AvgIpc) is 2.25. The van der Waals surface area contributed by atoms with Crippen LogP contribution in [0.4, 0.5) is 5.69 Å². The number of nitrogens with one attached hydrogen (secondary N) is 2. The fourth-order valence-electron chi connectivity index (χ4n) is 2.23. The summed E-state index contributed by atoms with van der Waals surface area (Å²) in [4.78, 5) is 14.9. The van der Waals surface area contributed by atoms with Gasteiger partial charge in [-0.2, -0.15) is 0 Å². The van der Waals surface area contributed by atoms with Gasteiger partial charge in [-0.3, -0.25) is 9.69 Å². The predicted octanol–water partition coefficient (Wildman–Crippen LogP) is 1.13. The summed E-state index contributed by atoms with van der Waals surface area (Å²) >= 11 is 1.61. The summed E-state index contributed by atoms with van der Waals surface area (Å²) in [5.41, 5.74) is 2.22. The van der Waals surface area contributed by atoms with Gasteiger partial charge in [0.2, 0.25) is 5.91 Å². The molecule has 1 fully saturated rings. The SMILES string of the molecule is CN(Cc1ccc2c(c1)NC(=O)CS2)C1CNC1. The van der Waals surface area contributed by atoms with E-state index in [0.29, 0.717) is 11.8 Å². The van der Waals surface area contributed by atoms with Gasteiger partial charge < -0.3 is 10.6 Å². The van der Waals surface area contributed by atoms with E-state index in [0.717, 1.165) is 25.3 Å². The zero-order valence-electron chi connectivity index (χ0n) is 10.4. The Labute approximate surface area is 111 Å². The van der Waals surface area contributed by atoms with E-state index in [1.54, 1.807) is 11.8 Å². The van der Waals surface area contributed by atoms with Crippen molar-refractivity contribution in [3.8, 4) is 0 Å². The molecule has 0 saturated carbocycles. The zero-order valence-corrected chi connectivity index (χ0v) is 11.2. The molecule has 1 amide bonds. The minimum absolute atomic E-state index is 0.0983. The minimum Gasteiger partial charge on any atom is -0.324 e. The molecular weight excluding hydrogens is 246 g/mol. The van der Waals surface area contributed by atoms with Crippen LogP contribution >= 0.6 is 11.8 Å². The highest BCUT2D eigenvalue weighted by Crippen LogP contribution is 2.32. The largest absolute Gasteiger partial charge is 0.324 e. The molecule has 5 heteroatoms. The Kier molecular flexibility index (Phi) is 3.28. The van der Waals surface area contributed by atoms with Crippen molar-refractivity contribution in [2.24, 2.45) is 0 Å². The molecule has 2 aliphatic heterocycles. The quantitative estimate of drug-likeness (QED) is 0.858. The molecule has 0 unspecified atom stereocenters. The molecule has 0 atom stereocenters. The molecule has 0 radical (unpaired) electrons. The van der Waals surface area contributed by atoms with E-state index in [2.05, 4.69) is 40.8 Å². The van der Waals surface area contributed by atoms with Crippen LogP contribution in [0.15, 0.2) is 23.1 Å². The third-order valence-corrected chi connectivity index (χ3v) is 4.57. The van der Waals surface area contributed by atoms with Gasteiger partial charge in [-0.25, -0.2) is 0 Å². The van der Waals surface area contributed by atoms with Crippen LogP contribution in [0, 0.1) is 0 Å². The number of carbonyl (C=O) groups is 1. The van der Waals surface area contributed by atoms with Crippen molar-refractivity contribution >= 4 is 23.4 Å². The van der Waals surface area contributed by atoms with Gasteiger partial charge in [0.25, 0.3) is 0 Å². The molecule has 1 saturated heterocycles. The van der Waals surface area contributed by atoms with Crippen molar-refractivity contribution in [2.45, 2.75) is 17.5 Å². The van der Waals surface area contributed by atoms with Crippen molar-refractivity contribution in [3.05, 3.63) is 23.8 Å². The number of hydrogen-bond donors (Lipinski definition) is 2. The van der Waals surface area contributed by atoms with Crippen LogP contribution in [0.2, 0.25) is 0 Å². The Morgan fingerprint density at radius 1 is 1.44 bits per heavy atom. The molecule has 0 aliphatic carbocycles. The standard InChI is InChI=1S/C13H17N3OS/c1-16(10-5-14-6-10)7-9-2-3-12-11(4-9)15-13(17)8-18-12/h2-4,10,14H,5-8H2,1H3,(H,15,17). The van der Waals surface area contributed by atoms with Gasteiger partial charge in [0.1, 0.15) is 0 Å². The summed E-state index contributed by atoms with van der Waals surface area (Å²) in [6.45, 7) is 3.09. The molecule has 96 valence electrons. The average molecular weight is 263 g/mol. The lowest BCUT2D eigenvalue weighted by atomic mass is 10.1. The van der Waals surface area contributed by atoms with E-state index in [1.165, 1.54) is 10.5 Å². The van der Waals surface area contributed by atoms with Gasteiger partial charge in [0.05, 0.1) is 11.4 Å². The summed E-state index contributed by atoms with van der Waals surface area (Å²) in [5, 5.41) is 6.22. The summed E-state index contributed by atoms with van der Waals surface area (Å²) in [6.07, 6.45) is 0. The number of fused-ring (bicyclic) bond motifs is 1. The monoisotopic (exact) mass is 263 g/mol. The molecule has 1 aromatic carbocycles. The van der Waals surface area contributed by atoms with Gasteiger partial charge in [0, 0.05) is 30.6 Å². The van der Waals surface area contributed by atoms with Crippen molar-refractivity contribution < 1.29 is 4.79 Å². The Bertz CT molecular complexity index is 473. The third-order valence-electron chi connectivity index (χ3n) is 3.49. The highest BCUT2D eigenvalue weighted by Gasteiger charge is 2.22. The van der Waals surface area contributed by atoms with E-state index in [9.17, 15) is 4.79 Å². The number of amides is 1. The highest BCUT2D eigenvalue weighted by atomic mass is 32.2. The molecule has 2 aliphatic rings. The Morgan fingerprint density at radius 2 is 2.28 bits per heavy atom. The third kappa shape index (κ3) is 2.39. The Balaban J connectivity index is 1.72. The molecule has 1 aromatic rings. The van der Waals surface area contributed by atoms with Crippen LogP contribution in [0.3, 0.4) is 0 Å². The van der Waals surface area contributed by atoms with Crippen LogP contribution in [-0.2, 0) is 11.3 Å². The summed E-state index contributed by atoms with van der Waals surface area (Å²) < 4.78 is 0. The van der Waals surface area contributed by atoms with Crippen molar-refractivity contribution in [1.82, 2.24) is 10.2 Å². The number of nitrogens with zero attached hydrogens (tertiary/aromatic N) is 1. The van der Waals surface area contributed by atoms with Gasteiger partial charge in [-0.15, -0.1) is 11.8 Å². The Morgan fingerprint density at radius 3 is 3.00 bits per heavy atom. The molecule has 3 rings (SSSR count). The fraction of sp³-hybridized carbons (Fsp3) is 0.462. The maximum atomic E-state index is 11.4. The smallest absolute Gasteiger partial charge is 0.234 e. The Hall–Kier alpha value is -1.04. The van der Waals surface area contributed by atoms with Crippen LogP contribution < -0.4 is 10.6 Å².